The lowest BCUT2D eigenvalue weighted by Crippen LogP contribution is -2.31. The van der Waals surface area contributed by atoms with E-state index in [1.807, 2.05) is 0 Å². The van der Waals surface area contributed by atoms with Gasteiger partial charge in [-0.15, -0.1) is 0 Å². The first-order valence-electron chi connectivity index (χ1n) is 9.52. The summed E-state index contributed by atoms with van der Waals surface area (Å²) in [5.41, 5.74) is 0. The number of unbranched alkanes of at least 4 members (excludes halogenated alkanes) is 1. The molecule has 0 unspecified atom stereocenters. The second-order valence-electron chi connectivity index (χ2n) is 7.82. The number of likely N-dealkylation sites (tertiary alicyclic amines) is 1. The van der Waals surface area contributed by atoms with Gasteiger partial charge in [0.15, 0.2) is 0 Å². The average molecular weight is 297 g/mol. The molecule has 2 nitrogen and oxygen atoms in total. The van der Waals surface area contributed by atoms with Gasteiger partial charge in [-0.25, -0.2) is 0 Å². The first-order chi connectivity index (χ1) is 10.1. The molecule has 2 heteroatoms. The zero-order valence-electron chi connectivity index (χ0n) is 15.2. The predicted octanol–water partition coefficient (Wildman–Crippen LogP) is 4.65. The van der Waals surface area contributed by atoms with Gasteiger partial charge in [-0.2, -0.15) is 0 Å². The number of nitrogens with zero attached hydrogens (tertiary/aromatic N) is 2. The molecule has 1 aliphatic rings. The lowest BCUT2D eigenvalue weighted by molar-refractivity contribution is 0.229. The van der Waals surface area contributed by atoms with Crippen LogP contribution in [-0.4, -0.2) is 49.1 Å². The van der Waals surface area contributed by atoms with Crippen LogP contribution < -0.4 is 0 Å². The molecule has 0 atom stereocenters. The Balaban J connectivity index is 2.15. The number of rotatable bonds is 12. The van der Waals surface area contributed by atoms with Crippen molar-refractivity contribution in [3.8, 4) is 0 Å². The fourth-order valence-corrected chi connectivity index (χ4v) is 3.19. The molecule has 1 aliphatic heterocycles. The minimum Gasteiger partial charge on any atom is -0.303 e. The molecule has 0 aromatic heterocycles. The second kappa shape index (κ2) is 11.5. The Hall–Kier alpha value is -0.0800. The maximum absolute atomic E-state index is 2.73. The summed E-state index contributed by atoms with van der Waals surface area (Å²) in [6.45, 7) is 17.3. The van der Waals surface area contributed by atoms with Crippen molar-refractivity contribution < 1.29 is 0 Å². The van der Waals surface area contributed by atoms with E-state index in [0.29, 0.717) is 0 Å². The van der Waals surface area contributed by atoms with E-state index >= 15 is 0 Å². The van der Waals surface area contributed by atoms with E-state index in [9.17, 15) is 0 Å². The molecule has 0 saturated carbocycles. The molecule has 0 N–H and O–H groups in total. The normalized spacial score (nSPS) is 16.7. The largest absolute Gasteiger partial charge is 0.303 e. The molecule has 0 bridgehead atoms. The maximum Gasteiger partial charge on any atom is -0.000655 e. The van der Waals surface area contributed by atoms with Crippen molar-refractivity contribution in [1.29, 1.82) is 0 Å². The zero-order chi connectivity index (χ0) is 15.5. The summed E-state index contributed by atoms with van der Waals surface area (Å²) in [6.07, 6.45) is 9.75. The molecule has 1 saturated heterocycles. The van der Waals surface area contributed by atoms with Crippen LogP contribution in [0, 0.1) is 11.8 Å². The average Bonchev–Trinajstić information content (AvgIpc) is 2.92. The van der Waals surface area contributed by atoms with Gasteiger partial charge in [0.1, 0.15) is 0 Å². The van der Waals surface area contributed by atoms with Crippen LogP contribution in [0.15, 0.2) is 0 Å². The van der Waals surface area contributed by atoms with E-state index in [1.54, 1.807) is 0 Å². The third-order valence-electron chi connectivity index (χ3n) is 4.68. The van der Waals surface area contributed by atoms with E-state index in [4.69, 9.17) is 0 Å². The van der Waals surface area contributed by atoms with Crippen LogP contribution in [0.3, 0.4) is 0 Å². The molecular formula is C19H40N2. The quantitative estimate of drug-likeness (QED) is 0.484. The van der Waals surface area contributed by atoms with Crippen molar-refractivity contribution in [2.24, 2.45) is 11.8 Å². The molecule has 0 aromatic rings. The van der Waals surface area contributed by atoms with Crippen molar-refractivity contribution in [3.63, 3.8) is 0 Å². The van der Waals surface area contributed by atoms with Crippen LogP contribution in [0.1, 0.15) is 72.6 Å². The summed E-state index contributed by atoms with van der Waals surface area (Å²) >= 11 is 0. The van der Waals surface area contributed by atoms with Gasteiger partial charge >= 0.3 is 0 Å². The Bertz CT molecular complexity index is 232. The van der Waals surface area contributed by atoms with Crippen LogP contribution in [0.5, 0.6) is 0 Å². The Morgan fingerprint density at radius 1 is 0.762 bits per heavy atom. The molecule has 0 radical (unpaired) electrons. The van der Waals surface area contributed by atoms with Crippen LogP contribution >= 0.6 is 0 Å². The lowest BCUT2D eigenvalue weighted by Gasteiger charge is -2.24. The third kappa shape index (κ3) is 10.3. The SMILES string of the molecule is CC(C)CCCCN(CCCN1CCCC1)CCC(C)C. The van der Waals surface area contributed by atoms with Crippen LogP contribution in [0.4, 0.5) is 0 Å². The topological polar surface area (TPSA) is 6.48 Å². The van der Waals surface area contributed by atoms with Crippen molar-refractivity contribution in [1.82, 2.24) is 9.80 Å². The van der Waals surface area contributed by atoms with Crippen LogP contribution in [0.25, 0.3) is 0 Å². The fourth-order valence-electron chi connectivity index (χ4n) is 3.19. The maximum atomic E-state index is 2.73. The van der Waals surface area contributed by atoms with E-state index in [0.717, 1.165) is 11.8 Å². The number of hydrogen-bond acceptors (Lipinski definition) is 2. The minimum absolute atomic E-state index is 0.835. The van der Waals surface area contributed by atoms with Gasteiger partial charge in [0.25, 0.3) is 0 Å². The van der Waals surface area contributed by atoms with Gasteiger partial charge in [0.05, 0.1) is 0 Å². The zero-order valence-corrected chi connectivity index (χ0v) is 15.2. The second-order valence-corrected chi connectivity index (χ2v) is 7.82. The van der Waals surface area contributed by atoms with Crippen molar-refractivity contribution in [2.45, 2.75) is 72.6 Å². The van der Waals surface area contributed by atoms with E-state index in [2.05, 4.69) is 37.5 Å². The highest BCUT2D eigenvalue weighted by Gasteiger charge is 2.12. The molecule has 0 aliphatic carbocycles. The molecule has 0 amide bonds. The minimum atomic E-state index is 0.835. The van der Waals surface area contributed by atoms with E-state index in [1.165, 1.54) is 84.2 Å². The first kappa shape index (κ1) is 19.0. The van der Waals surface area contributed by atoms with E-state index < -0.39 is 0 Å². The van der Waals surface area contributed by atoms with Gasteiger partial charge in [-0.05, 0) is 83.2 Å². The standard InChI is InChI=1S/C19H40N2/c1-18(2)10-5-6-12-21(17-11-19(3)4)16-9-15-20-13-7-8-14-20/h18-19H,5-17H2,1-4H3. The molecule has 126 valence electrons. The van der Waals surface area contributed by atoms with Crippen LogP contribution in [0.2, 0.25) is 0 Å². The summed E-state index contributed by atoms with van der Waals surface area (Å²) in [5.74, 6) is 1.70. The van der Waals surface area contributed by atoms with Crippen molar-refractivity contribution >= 4 is 0 Å². The first-order valence-corrected chi connectivity index (χ1v) is 9.52. The molecule has 1 rings (SSSR count). The molecule has 1 fully saturated rings. The molecule has 1 heterocycles. The Morgan fingerprint density at radius 2 is 1.38 bits per heavy atom. The highest BCUT2D eigenvalue weighted by Crippen LogP contribution is 2.11. The Morgan fingerprint density at radius 3 is 2.00 bits per heavy atom. The van der Waals surface area contributed by atoms with Crippen molar-refractivity contribution in [2.75, 3.05) is 39.3 Å². The van der Waals surface area contributed by atoms with Gasteiger partial charge in [0, 0.05) is 0 Å². The molecule has 21 heavy (non-hydrogen) atoms. The number of hydrogen-bond donors (Lipinski definition) is 0. The van der Waals surface area contributed by atoms with Crippen molar-refractivity contribution in [3.05, 3.63) is 0 Å². The summed E-state index contributed by atoms with van der Waals surface area (Å²) < 4.78 is 0. The predicted molar refractivity (Wildman–Crippen MR) is 94.9 cm³/mol. The molecule has 0 spiro atoms. The Labute approximate surface area is 134 Å². The van der Waals surface area contributed by atoms with E-state index in [-0.39, 0.29) is 0 Å². The Kier molecular flexibility index (Phi) is 10.4. The smallest absolute Gasteiger partial charge is 0.000655 e. The highest BCUT2D eigenvalue weighted by atomic mass is 15.2. The monoisotopic (exact) mass is 296 g/mol. The fraction of sp³-hybridized carbons (Fsp3) is 1.00. The van der Waals surface area contributed by atoms with Gasteiger partial charge in [-0.1, -0.05) is 40.5 Å². The summed E-state index contributed by atoms with van der Waals surface area (Å²) in [4.78, 5) is 5.38. The lowest BCUT2D eigenvalue weighted by atomic mass is 10.1. The van der Waals surface area contributed by atoms with Gasteiger partial charge < -0.3 is 9.80 Å². The molecule has 0 aromatic carbocycles. The summed E-state index contributed by atoms with van der Waals surface area (Å²) in [6, 6.07) is 0. The summed E-state index contributed by atoms with van der Waals surface area (Å²) in [5, 5.41) is 0. The summed E-state index contributed by atoms with van der Waals surface area (Å²) in [7, 11) is 0. The van der Waals surface area contributed by atoms with Gasteiger partial charge in [-0.3, -0.25) is 0 Å². The molecular weight excluding hydrogens is 256 g/mol. The highest BCUT2D eigenvalue weighted by molar-refractivity contribution is 4.68. The third-order valence-corrected chi connectivity index (χ3v) is 4.68. The van der Waals surface area contributed by atoms with Crippen LogP contribution in [-0.2, 0) is 0 Å². The van der Waals surface area contributed by atoms with Gasteiger partial charge in [0.2, 0.25) is 0 Å².